The number of halogens is 1. The van der Waals surface area contributed by atoms with Gasteiger partial charge in [-0.05, 0) is 24.3 Å². The lowest BCUT2D eigenvalue weighted by atomic mass is 10.2. The summed E-state index contributed by atoms with van der Waals surface area (Å²) in [5.41, 5.74) is 1.55. The third-order valence-corrected chi connectivity index (χ3v) is 4.12. The summed E-state index contributed by atoms with van der Waals surface area (Å²) < 4.78 is 17.0. The van der Waals surface area contributed by atoms with E-state index in [9.17, 15) is 0 Å². The van der Waals surface area contributed by atoms with Gasteiger partial charge < -0.3 is 24.8 Å². The fraction of sp³-hybridized carbons (Fsp3) is 0.167. The zero-order valence-electron chi connectivity index (χ0n) is 15.0. The summed E-state index contributed by atoms with van der Waals surface area (Å²) >= 11 is 3.40. The first kappa shape index (κ1) is 18.7. The number of benzene rings is 2. The van der Waals surface area contributed by atoms with Crippen LogP contribution in [0.2, 0.25) is 0 Å². The lowest BCUT2D eigenvalue weighted by Crippen LogP contribution is -2.03. The molecule has 0 bridgehead atoms. The van der Waals surface area contributed by atoms with Crippen LogP contribution in [-0.2, 0) is 0 Å². The van der Waals surface area contributed by atoms with Gasteiger partial charge in [0.05, 0.1) is 21.3 Å². The molecule has 0 aliphatic heterocycles. The summed E-state index contributed by atoms with van der Waals surface area (Å²) in [7, 11) is 4.67. The molecule has 3 aromatic rings. The molecule has 8 nitrogen and oxygen atoms in total. The Kier molecular flexibility index (Phi) is 5.92. The van der Waals surface area contributed by atoms with E-state index in [4.69, 9.17) is 14.2 Å². The van der Waals surface area contributed by atoms with Gasteiger partial charge in [0.1, 0.15) is 6.33 Å². The van der Waals surface area contributed by atoms with E-state index in [1.165, 1.54) is 6.33 Å². The highest BCUT2D eigenvalue weighted by Gasteiger charge is 2.14. The zero-order valence-corrected chi connectivity index (χ0v) is 16.6. The summed E-state index contributed by atoms with van der Waals surface area (Å²) in [6.07, 6.45) is 1.43. The highest BCUT2D eigenvalue weighted by atomic mass is 79.9. The van der Waals surface area contributed by atoms with Gasteiger partial charge in [-0.15, -0.1) is 0 Å². The number of rotatable bonds is 7. The number of methoxy groups -OCH3 is 3. The average Bonchev–Trinajstić information content (AvgIpc) is 2.69. The Morgan fingerprint density at radius 2 is 1.33 bits per heavy atom. The highest BCUT2D eigenvalue weighted by Crippen LogP contribution is 2.40. The van der Waals surface area contributed by atoms with Gasteiger partial charge in [0.2, 0.25) is 17.6 Å². The van der Waals surface area contributed by atoms with Crippen LogP contribution in [0.5, 0.6) is 17.2 Å². The van der Waals surface area contributed by atoms with E-state index in [0.717, 1.165) is 10.2 Å². The van der Waals surface area contributed by atoms with Gasteiger partial charge in [0.15, 0.2) is 11.5 Å². The van der Waals surface area contributed by atoms with Crippen LogP contribution in [0.4, 0.5) is 23.3 Å². The maximum atomic E-state index is 5.36. The lowest BCUT2D eigenvalue weighted by Gasteiger charge is -2.14. The number of nitrogens with zero attached hydrogens (tertiary/aromatic N) is 3. The number of hydrogen-bond acceptors (Lipinski definition) is 8. The van der Waals surface area contributed by atoms with Crippen molar-refractivity contribution in [1.82, 2.24) is 15.0 Å². The van der Waals surface area contributed by atoms with Crippen molar-refractivity contribution in [3.8, 4) is 17.2 Å². The SMILES string of the molecule is COc1cc(Nc2ncnc(Nc3ccc(Br)cc3)n2)cc(OC)c1OC. The Morgan fingerprint density at radius 3 is 1.85 bits per heavy atom. The van der Waals surface area contributed by atoms with Crippen LogP contribution in [0.15, 0.2) is 47.2 Å². The van der Waals surface area contributed by atoms with E-state index in [1.54, 1.807) is 33.5 Å². The maximum absolute atomic E-state index is 5.36. The Bertz CT molecular complexity index is 896. The first-order valence-corrected chi connectivity index (χ1v) is 8.71. The molecule has 3 rings (SSSR count). The molecule has 2 aromatic carbocycles. The normalized spacial score (nSPS) is 10.2. The fourth-order valence-electron chi connectivity index (χ4n) is 2.36. The molecule has 0 aliphatic carbocycles. The van der Waals surface area contributed by atoms with Crippen molar-refractivity contribution in [3.63, 3.8) is 0 Å². The minimum absolute atomic E-state index is 0.374. The predicted octanol–water partition coefficient (Wildman–Crippen LogP) is 4.15. The molecule has 0 spiro atoms. The van der Waals surface area contributed by atoms with Gasteiger partial charge in [-0.2, -0.15) is 4.98 Å². The van der Waals surface area contributed by atoms with Gasteiger partial charge in [-0.1, -0.05) is 15.9 Å². The largest absolute Gasteiger partial charge is 0.493 e. The molecule has 0 unspecified atom stereocenters. The van der Waals surface area contributed by atoms with Crippen molar-refractivity contribution in [3.05, 3.63) is 47.2 Å². The van der Waals surface area contributed by atoms with Crippen LogP contribution in [0.25, 0.3) is 0 Å². The Labute approximate surface area is 165 Å². The Balaban J connectivity index is 1.82. The summed E-state index contributed by atoms with van der Waals surface area (Å²) in [5, 5.41) is 6.24. The Morgan fingerprint density at radius 1 is 0.778 bits per heavy atom. The van der Waals surface area contributed by atoms with E-state index in [-0.39, 0.29) is 0 Å². The quantitative estimate of drug-likeness (QED) is 0.576. The van der Waals surface area contributed by atoms with Crippen LogP contribution in [0.1, 0.15) is 0 Å². The summed E-state index contributed by atoms with van der Waals surface area (Å²) in [6, 6.07) is 11.2. The van der Waals surface area contributed by atoms with Crippen LogP contribution in [-0.4, -0.2) is 36.3 Å². The average molecular weight is 432 g/mol. The van der Waals surface area contributed by atoms with Gasteiger partial charge in [-0.25, -0.2) is 9.97 Å². The van der Waals surface area contributed by atoms with Gasteiger partial charge in [0, 0.05) is 28.0 Å². The summed E-state index contributed by atoms with van der Waals surface area (Å²) in [4.78, 5) is 12.7. The third-order valence-electron chi connectivity index (χ3n) is 3.59. The maximum Gasteiger partial charge on any atom is 0.232 e. The molecular formula is C18H18BrN5O3. The fourth-order valence-corrected chi connectivity index (χ4v) is 2.63. The standard InChI is InChI=1S/C18H18BrN5O3/c1-25-14-8-13(9-15(26-2)16(14)27-3)23-18-21-10-20-17(24-18)22-12-6-4-11(19)5-7-12/h4-10H,1-3H3,(H2,20,21,22,23,24). The molecular weight excluding hydrogens is 414 g/mol. The predicted molar refractivity (Wildman–Crippen MR) is 107 cm³/mol. The van der Waals surface area contributed by atoms with Crippen LogP contribution in [0, 0.1) is 0 Å². The molecule has 140 valence electrons. The monoisotopic (exact) mass is 431 g/mol. The van der Waals surface area contributed by atoms with Gasteiger partial charge in [0.25, 0.3) is 0 Å². The van der Waals surface area contributed by atoms with E-state index < -0.39 is 0 Å². The first-order valence-electron chi connectivity index (χ1n) is 7.91. The highest BCUT2D eigenvalue weighted by molar-refractivity contribution is 9.10. The van der Waals surface area contributed by atoms with Crippen molar-refractivity contribution < 1.29 is 14.2 Å². The van der Waals surface area contributed by atoms with E-state index in [0.29, 0.717) is 34.8 Å². The van der Waals surface area contributed by atoms with Crippen LogP contribution in [0.3, 0.4) is 0 Å². The molecule has 0 radical (unpaired) electrons. The molecule has 0 fully saturated rings. The number of ether oxygens (including phenoxy) is 3. The number of anilines is 4. The molecule has 0 saturated heterocycles. The van der Waals surface area contributed by atoms with Crippen molar-refractivity contribution in [2.75, 3.05) is 32.0 Å². The van der Waals surface area contributed by atoms with Crippen molar-refractivity contribution in [2.45, 2.75) is 0 Å². The molecule has 9 heteroatoms. The molecule has 0 saturated carbocycles. The third kappa shape index (κ3) is 4.56. The molecule has 0 amide bonds. The summed E-state index contributed by atoms with van der Waals surface area (Å²) in [5.74, 6) is 2.36. The van der Waals surface area contributed by atoms with Gasteiger partial charge >= 0.3 is 0 Å². The van der Waals surface area contributed by atoms with Gasteiger partial charge in [-0.3, -0.25) is 0 Å². The Hall–Kier alpha value is -3.07. The second kappa shape index (κ2) is 8.54. The molecule has 27 heavy (non-hydrogen) atoms. The summed E-state index contributed by atoms with van der Waals surface area (Å²) in [6.45, 7) is 0. The van der Waals surface area contributed by atoms with E-state index in [2.05, 4.69) is 41.5 Å². The minimum Gasteiger partial charge on any atom is -0.493 e. The number of aromatic nitrogens is 3. The van der Waals surface area contributed by atoms with E-state index in [1.807, 2.05) is 24.3 Å². The lowest BCUT2D eigenvalue weighted by molar-refractivity contribution is 0.324. The molecule has 0 atom stereocenters. The molecule has 1 aromatic heterocycles. The molecule has 1 heterocycles. The molecule has 2 N–H and O–H groups in total. The molecule has 0 aliphatic rings. The smallest absolute Gasteiger partial charge is 0.232 e. The van der Waals surface area contributed by atoms with E-state index >= 15 is 0 Å². The second-order valence-corrected chi connectivity index (χ2v) is 6.22. The van der Waals surface area contributed by atoms with Crippen molar-refractivity contribution in [2.24, 2.45) is 0 Å². The topological polar surface area (TPSA) is 90.4 Å². The van der Waals surface area contributed by atoms with Crippen molar-refractivity contribution in [1.29, 1.82) is 0 Å². The second-order valence-electron chi connectivity index (χ2n) is 5.30. The van der Waals surface area contributed by atoms with Crippen molar-refractivity contribution >= 4 is 39.2 Å². The van der Waals surface area contributed by atoms with Crippen LogP contribution >= 0.6 is 15.9 Å². The number of hydrogen-bond donors (Lipinski definition) is 2. The zero-order chi connectivity index (χ0) is 19.2. The van der Waals surface area contributed by atoms with Crippen LogP contribution < -0.4 is 24.8 Å². The first-order chi connectivity index (χ1) is 13.1. The minimum atomic E-state index is 0.374. The number of nitrogens with one attached hydrogen (secondary N) is 2.